The summed E-state index contributed by atoms with van der Waals surface area (Å²) < 4.78 is 7.60. The van der Waals surface area contributed by atoms with E-state index in [1.165, 1.54) is 86.3 Å². The fraction of sp³-hybridized carbons (Fsp3) is 0. The number of benzene rings is 11. The Hall–Kier alpha value is -8.96. The van der Waals surface area contributed by atoms with Gasteiger partial charge in [0.25, 0.3) is 0 Å². The average Bonchev–Trinajstić information content (AvgIpc) is 4.08. The molecule has 0 N–H and O–H groups in total. The molecule has 0 aliphatic rings. The summed E-state index contributed by atoms with van der Waals surface area (Å²) in [7, 11) is -2.82. The van der Waals surface area contributed by atoms with E-state index in [1.54, 1.807) is 0 Å². The number of aromatic nitrogens is 3. The first-order valence-electron chi connectivity index (χ1n) is 24.2. The second-order valence-corrected chi connectivity index (χ2v) is 22.2. The maximum atomic E-state index is 2.58. The van der Waals surface area contributed by atoms with Crippen molar-refractivity contribution in [3.05, 3.63) is 273 Å². The van der Waals surface area contributed by atoms with E-state index in [-0.39, 0.29) is 0 Å². The van der Waals surface area contributed by atoms with Gasteiger partial charge in [0.15, 0.2) is 8.07 Å². The van der Waals surface area contributed by atoms with Crippen LogP contribution in [0.15, 0.2) is 273 Å². The van der Waals surface area contributed by atoms with Gasteiger partial charge in [0, 0.05) is 37.9 Å². The van der Waals surface area contributed by atoms with Gasteiger partial charge in [-0.2, -0.15) is 0 Å². The van der Waals surface area contributed by atoms with E-state index in [0.717, 1.165) is 28.1 Å². The molecule has 0 unspecified atom stereocenters. The Kier molecular flexibility index (Phi) is 9.23. The van der Waals surface area contributed by atoms with Crippen molar-refractivity contribution in [3.8, 4) is 28.2 Å². The number of hydrogen-bond donors (Lipinski definition) is 0. The fourth-order valence-electron chi connectivity index (χ4n) is 11.9. The molecule has 0 saturated carbocycles. The number of nitrogens with zero attached hydrogens (tertiary/aromatic N) is 3. The highest BCUT2D eigenvalue weighted by molar-refractivity contribution is 7.20. The molecule has 0 fully saturated rings. The summed E-state index contributed by atoms with van der Waals surface area (Å²) in [5.41, 5.74) is 12.8. The van der Waals surface area contributed by atoms with E-state index in [2.05, 4.69) is 287 Å². The summed E-state index contributed by atoms with van der Waals surface area (Å²) in [5, 5.41) is 12.8. The van der Waals surface area contributed by atoms with E-state index in [9.17, 15) is 0 Å². The van der Waals surface area contributed by atoms with E-state index >= 15 is 0 Å². The molecule has 0 aliphatic carbocycles. The van der Waals surface area contributed by atoms with Crippen LogP contribution < -0.4 is 20.7 Å². The van der Waals surface area contributed by atoms with Gasteiger partial charge in [-0.15, -0.1) is 0 Å². The molecular formula is C66H45N3Si. The molecule has 0 aliphatic heterocycles. The molecule has 3 nitrogen and oxygen atoms in total. The van der Waals surface area contributed by atoms with Crippen LogP contribution >= 0.6 is 0 Å². The maximum Gasteiger partial charge on any atom is 0.179 e. The zero-order valence-electron chi connectivity index (χ0n) is 38.3. The highest BCUT2D eigenvalue weighted by atomic mass is 28.3. The molecule has 3 aromatic heterocycles. The summed E-state index contributed by atoms with van der Waals surface area (Å²) in [6.45, 7) is 0. The van der Waals surface area contributed by atoms with Crippen LogP contribution in [0.4, 0.5) is 0 Å². The minimum Gasteiger partial charge on any atom is -0.307 e. The highest BCUT2D eigenvalue weighted by Crippen LogP contribution is 2.44. The number of hydrogen-bond acceptors (Lipinski definition) is 0. The van der Waals surface area contributed by atoms with Gasteiger partial charge in [-0.05, 0) is 68.8 Å². The van der Waals surface area contributed by atoms with Gasteiger partial charge in [0.2, 0.25) is 0 Å². The van der Waals surface area contributed by atoms with Crippen LogP contribution in [-0.2, 0) is 0 Å². The van der Waals surface area contributed by atoms with Crippen molar-refractivity contribution in [3.63, 3.8) is 0 Å². The van der Waals surface area contributed by atoms with Gasteiger partial charge in [0.05, 0.1) is 50.2 Å². The minimum absolute atomic E-state index is 1.13. The summed E-state index contributed by atoms with van der Waals surface area (Å²) in [4.78, 5) is 0. The summed E-state index contributed by atoms with van der Waals surface area (Å²) >= 11 is 0. The fourth-order valence-corrected chi connectivity index (χ4v) is 16.7. The van der Waals surface area contributed by atoms with Crippen LogP contribution in [0.1, 0.15) is 0 Å². The number of fused-ring (bicyclic) bond motifs is 9. The van der Waals surface area contributed by atoms with Gasteiger partial charge in [-0.3, -0.25) is 0 Å². The lowest BCUT2D eigenvalue weighted by Crippen LogP contribution is -2.74. The Morgan fingerprint density at radius 2 is 0.600 bits per heavy atom. The van der Waals surface area contributed by atoms with Crippen molar-refractivity contribution in [1.82, 2.24) is 13.7 Å². The molecule has 4 heteroatoms. The zero-order valence-corrected chi connectivity index (χ0v) is 39.3. The molecule has 0 atom stereocenters. The standard InChI is InChI=1S/C66H45N3Si/c1-5-23-46(24-6-1)51-31-13-17-37-58(51)69-65-55(35-21-41-63(65)67-59-38-18-14-32-52(59)53-33-15-19-39-60(53)67)56-36-22-42-64(66(56)69)68-61-40-20-16-34-54(61)57-45-50(43-44-62(57)68)70(47-25-7-2-8-26-47,48-27-9-3-10-28-48)49-29-11-4-12-30-49/h1-45H. The van der Waals surface area contributed by atoms with Crippen molar-refractivity contribution in [2.75, 3.05) is 0 Å². The first kappa shape index (κ1) is 40.1. The maximum absolute atomic E-state index is 2.82. The van der Waals surface area contributed by atoms with Crippen LogP contribution in [0.5, 0.6) is 0 Å². The third kappa shape index (κ3) is 5.87. The quantitative estimate of drug-likeness (QED) is 0.107. The third-order valence-electron chi connectivity index (χ3n) is 14.8. The van der Waals surface area contributed by atoms with Gasteiger partial charge in [-0.25, -0.2) is 0 Å². The minimum atomic E-state index is -2.82. The molecular weight excluding hydrogens is 863 g/mol. The summed E-state index contributed by atoms with van der Waals surface area (Å²) in [6.07, 6.45) is 0. The lowest BCUT2D eigenvalue weighted by molar-refractivity contribution is 1.11. The Bertz CT molecular complexity index is 4130. The average molecular weight is 908 g/mol. The van der Waals surface area contributed by atoms with E-state index < -0.39 is 8.07 Å². The van der Waals surface area contributed by atoms with Crippen molar-refractivity contribution in [2.45, 2.75) is 0 Å². The molecule has 14 rings (SSSR count). The first-order valence-corrected chi connectivity index (χ1v) is 26.2. The third-order valence-corrected chi connectivity index (χ3v) is 19.6. The Labute approximate surface area is 407 Å². The van der Waals surface area contributed by atoms with Gasteiger partial charge in [0.1, 0.15) is 0 Å². The van der Waals surface area contributed by atoms with Gasteiger partial charge >= 0.3 is 0 Å². The van der Waals surface area contributed by atoms with Crippen molar-refractivity contribution < 1.29 is 0 Å². The van der Waals surface area contributed by atoms with Crippen molar-refractivity contribution in [1.29, 1.82) is 0 Å². The molecule has 0 spiro atoms. The predicted octanol–water partition coefficient (Wildman–Crippen LogP) is 14.0. The highest BCUT2D eigenvalue weighted by Gasteiger charge is 2.41. The van der Waals surface area contributed by atoms with Crippen molar-refractivity contribution in [2.24, 2.45) is 0 Å². The molecule has 328 valence electrons. The van der Waals surface area contributed by atoms with Crippen molar-refractivity contribution >= 4 is 94.2 Å². The second kappa shape index (κ2) is 16.1. The topological polar surface area (TPSA) is 14.8 Å². The largest absolute Gasteiger partial charge is 0.307 e. The van der Waals surface area contributed by atoms with Crippen LogP contribution in [0, 0.1) is 0 Å². The van der Waals surface area contributed by atoms with Gasteiger partial charge < -0.3 is 13.7 Å². The SMILES string of the molecule is c1ccc(-c2ccccc2-n2c3c(-n4c5ccccc5c5ccccc54)cccc3c3cccc(-n4c5ccccc5c5cc([Si](c6ccccc6)(c6ccccc6)c6ccccc6)ccc54)c32)cc1. The molecule has 0 saturated heterocycles. The second-order valence-electron chi connectivity index (χ2n) is 18.4. The summed E-state index contributed by atoms with van der Waals surface area (Å²) in [6, 6.07) is 101. The van der Waals surface area contributed by atoms with E-state index in [1.807, 2.05) is 0 Å². The van der Waals surface area contributed by atoms with Crippen LogP contribution in [0.2, 0.25) is 0 Å². The Balaban J connectivity index is 1.12. The smallest absolute Gasteiger partial charge is 0.179 e. The van der Waals surface area contributed by atoms with E-state index in [4.69, 9.17) is 0 Å². The van der Waals surface area contributed by atoms with Gasteiger partial charge in [-0.1, -0.05) is 231 Å². The first-order chi connectivity index (χ1) is 34.8. The van der Waals surface area contributed by atoms with Crippen LogP contribution in [0.3, 0.4) is 0 Å². The summed E-state index contributed by atoms with van der Waals surface area (Å²) in [5.74, 6) is 0. The zero-order chi connectivity index (χ0) is 46.2. The number of para-hydroxylation sites is 6. The Morgan fingerprint density at radius 3 is 1.10 bits per heavy atom. The molecule has 0 amide bonds. The predicted molar refractivity (Wildman–Crippen MR) is 299 cm³/mol. The molecule has 11 aromatic carbocycles. The normalized spacial score (nSPS) is 12.0. The lowest BCUT2D eigenvalue weighted by atomic mass is 10.0. The molecule has 0 radical (unpaired) electrons. The molecule has 3 heterocycles. The van der Waals surface area contributed by atoms with Crippen LogP contribution in [-0.4, -0.2) is 21.8 Å². The molecule has 14 aromatic rings. The molecule has 0 bridgehead atoms. The van der Waals surface area contributed by atoms with Crippen LogP contribution in [0.25, 0.3) is 93.6 Å². The Morgan fingerprint density at radius 1 is 0.229 bits per heavy atom. The van der Waals surface area contributed by atoms with E-state index in [0.29, 0.717) is 0 Å². The molecule has 70 heavy (non-hydrogen) atoms. The number of rotatable bonds is 8. The monoisotopic (exact) mass is 907 g/mol. The lowest BCUT2D eigenvalue weighted by Gasteiger charge is -2.34.